The molecule has 0 saturated heterocycles. The van der Waals surface area contributed by atoms with Crippen molar-refractivity contribution >= 4 is 59.5 Å². The number of aromatic amines is 1. The van der Waals surface area contributed by atoms with E-state index in [1.165, 1.54) is 28.7 Å². The van der Waals surface area contributed by atoms with Crippen LogP contribution in [0.4, 0.5) is 5.69 Å². The van der Waals surface area contributed by atoms with Crippen LogP contribution in [0.15, 0.2) is 88.4 Å². The van der Waals surface area contributed by atoms with Gasteiger partial charge >= 0.3 is 5.97 Å². The first-order valence-electron chi connectivity index (χ1n) is 19.9. The predicted molar refractivity (Wildman–Crippen MR) is 235 cm³/mol. The molecule has 1 aliphatic carbocycles. The highest BCUT2D eigenvalue weighted by Crippen LogP contribution is 2.41. The Kier molecular flexibility index (Phi) is 13.8. The normalized spacial score (nSPS) is 17.0. The molecule has 6 rings (SSSR count). The molecule has 0 aliphatic heterocycles. The molecule has 1 fully saturated rings. The van der Waals surface area contributed by atoms with Gasteiger partial charge in [-0.15, -0.1) is 22.7 Å². The Labute approximate surface area is 349 Å². The first kappa shape index (κ1) is 43.4. The van der Waals surface area contributed by atoms with Gasteiger partial charge in [0.25, 0.3) is 0 Å². The number of benzene rings is 2. The van der Waals surface area contributed by atoms with Gasteiger partial charge in [0.1, 0.15) is 11.9 Å². The molecule has 58 heavy (non-hydrogen) atoms. The number of hydrogen-bond acceptors (Lipinski definition) is 11. The van der Waals surface area contributed by atoms with Crippen molar-refractivity contribution in [3.63, 3.8) is 0 Å². The SMILES string of the molecule is CN(CCC(=O)Nc1ccc(CNC[C@H](O[Si](C)(C)C(C)(C)C)c2ccc(O)c3[nH]c(=O)ccc23)cc1)[C@H]1CC[C@H](OC(=O)C(O)(c2cccs2)c2cccs2)CC1. The second-order valence-corrected chi connectivity index (χ2v) is 23.4. The molecule has 3 heterocycles. The predicted octanol–water partition coefficient (Wildman–Crippen LogP) is 8.26. The average molecular weight is 845 g/mol. The van der Waals surface area contributed by atoms with Gasteiger partial charge in [0.05, 0.1) is 21.4 Å². The number of pyridine rings is 1. The number of nitrogens with one attached hydrogen (secondary N) is 3. The Morgan fingerprint density at radius 3 is 2.21 bits per heavy atom. The molecule has 2 aromatic carbocycles. The molecular formula is C44H56N4O7S2Si. The lowest BCUT2D eigenvalue weighted by molar-refractivity contribution is -0.169. The number of fused-ring (bicyclic) bond motifs is 1. The van der Waals surface area contributed by atoms with E-state index in [9.17, 15) is 24.6 Å². The number of aromatic nitrogens is 1. The molecule has 1 aliphatic rings. The Bertz CT molecular complexity index is 2160. The van der Waals surface area contributed by atoms with Crippen LogP contribution < -0.4 is 16.2 Å². The molecule has 0 bridgehead atoms. The van der Waals surface area contributed by atoms with Crippen LogP contribution >= 0.6 is 22.7 Å². The number of phenolic OH excluding ortho intramolecular Hbond substituents is 1. The first-order chi connectivity index (χ1) is 27.5. The topological polar surface area (TPSA) is 153 Å². The number of H-pyrrole nitrogens is 1. The van der Waals surface area contributed by atoms with Crippen molar-refractivity contribution in [3.05, 3.63) is 115 Å². The molecule has 5 N–H and O–H groups in total. The molecule has 0 radical (unpaired) electrons. The van der Waals surface area contributed by atoms with E-state index in [0.717, 1.165) is 35.0 Å². The average Bonchev–Trinajstić information content (AvgIpc) is 3.94. The number of aliphatic hydroxyl groups is 1. The molecule has 5 aromatic rings. The summed E-state index contributed by atoms with van der Waals surface area (Å²) in [7, 11) is -0.178. The minimum absolute atomic E-state index is 0.0185. The summed E-state index contributed by atoms with van der Waals surface area (Å²) in [6.45, 7) is 12.7. The van der Waals surface area contributed by atoms with E-state index < -0.39 is 19.9 Å². The number of rotatable bonds is 16. The van der Waals surface area contributed by atoms with Crippen LogP contribution in [0.1, 0.15) is 79.9 Å². The number of amides is 1. The molecule has 1 amide bonds. The zero-order valence-corrected chi connectivity index (χ0v) is 36.8. The highest BCUT2D eigenvalue weighted by molar-refractivity contribution is 7.12. The summed E-state index contributed by atoms with van der Waals surface area (Å²) in [5.41, 5.74) is 0.990. The van der Waals surface area contributed by atoms with Gasteiger partial charge in [-0.3, -0.25) is 9.59 Å². The second-order valence-electron chi connectivity index (χ2n) is 16.8. The minimum Gasteiger partial charge on any atom is -0.506 e. The highest BCUT2D eigenvalue weighted by Gasteiger charge is 2.45. The van der Waals surface area contributed by atoms with E-state index in [-0.39, 0.29) is 40.5 Å². The first-order valence-corrected chi connectivity index (χ1v) is 24.6. The Morgan fingerprint density at radius 2 is 1.60 bits per heavy atom. The van der Waals surface area contributed by atoms with Crippen molar-refractivity contribution in [2.75, 3.05) is 25.5 Å². The van der Waals surface area contributed by atoms with Crippen LogP contribution in [-0.2, 0) is 30.9 Å². The number of hydrogen-bond donors (Lipinski definition) is 5. The molecule has 0 unspecified atom stereocenters. The summed E-state index contributed by atoms with van der Waals surface area (Å²) in [4.78, 5) is 44.5. The second kappa shape index (κ2) is 18.4. The summed E-state index contributed by atoms with van der Waals surface area (Å²) in [5, 5.41) is 33.1. The lowest BCUT2D eigenvalue weighted by atomic mass is 9.91. The molecular weight excluding hydrogens is 789 g/mol. The smallest absolute Gasteiger partial charge is 0.349 e. The number of carbonyl (C=O) groups excluding carboxylic acids is 2. The lowest BCUT2D eigenvalue weighted by Crippen LogP contribution is -2.43. The van der Waals surface area contributed by atoms with E-state index in [4.69, 9.17) is 9.16 Å². The van der Waals surface area contributed by atoms with Crippen molar-refractivity contribution in [2.24, 2.45) is 0 Å². The van der Waals surface area contributed by atoms with Gasteiger partial charge in [-0.05, 0) is 109 Å². The third kappa shape index (κ3) is 10.2. The fourth-order valence-electron chi connectivity index (χ4n) is 7.16. The third-order valence-corrected chi connectivity index (χ3v) is 18.1. The lowest BCUT2D eigenvalue weighted by Gasteiger charge is -2.39. The van der Waals surface area contributed by atoms with Gasteiger partial charge in [0, 0.05) is 49.2 Å². The van der Waals surface area contributed by atoms with Crippen molar-refractivity contribution in [1.82, 2.24) is 15.2 Å². The van der Waals surface area contributed by atoms with Crippen LogP contribution in [0.5, 0.6) is 5.75 Å². The van der Waals surface area contributed by atoms with Gasteiger partial charge in [0.15, 0.2) is 8.32 Å². The number of nitrogens with zero attached hydrogens (tertiary/aromatic N) is 1. The maximum Gasteiger partial charge on any atom is 0.349 e. The van der Waals surface area contributed by atoms with Crippen LogP contribution in [0.3, 0.4) is 0 Å². The van der Waals surface area contributed by atoms with Gasteiger partial charge in [0.2, 0.25) is 17.1 Å². The summed E-state index contributed by atoms with van der Waals surface area (Å²) in [5.74, 6) is -0.671. The summed E-state index contributed by atoms with van der Waals surface area (Å²) in [6, 6.07) is 21.9. The molecule has 14 heteroatoms. The number of anilines is 1. The number of esters is 1. The Hall–Kier alpha value is -4.15. The quantitative estimate of drug-likeness (QED) is 0.0488. The zero-order valence-electron chi connectivity index (χ0n) is 34.2. The van der Waals surface area contributed by atoms with Crippen LogP contribution in [0.2, 0.25) is 18.1 Å². The molecule has 1 saturated carbocycles. The van der Waals surface area contributed by atoms with Gasteiger partial charge < -0.3 is 39.9 Å². The van der Waals surface area contributed by atoms with Gasteiger partial charge in [-0.1, -0.05) is 51.1 Å². The summed E-state index contributed by atoms with van der Waals surface area (Å²) < 4.78 is 12.8. The number of aromatic hydroxyl groups is 1. The van der Waals surface area contributed by atoms with E-state index in [1.807, 2.05) is 60.3 Å². The number of ether oxygens (including phenoxy) is 1. The largest absolute Gasteiger partial charge is 0.506 e. The molecule has 0 spiro atoms. The fraction of sp³-hybridized carbons (Fsp3) is 0.432. The summed E-state index contributed by atoms with van der Waals surface area (Å²) in [6.07, 6.45) is 2.81. The Morgan fingerprint density at radius 1 is 0.948 bits per heavy atom. The summed E-state index contributed by atoms with van der Waals surface area (Å²) >= 11 is 2.67. The maximum atomic E-state index is 13.4. The molecule has 3 aromatic heterocycles. The highest BCUT2D eigenvalue weighted by atomic mass is 32.1. The molecule has 11 nitrogen and oxygen atoms in total. The fourth-order valence-corrected chi connectivity index (χ4v) is 10.1. The van der Waals surface area contributed by atoms with Crippen molar-refractivity contribution in [3.8, 4) is 5.75 Å². The van der Waals surface area contributed by atoms with Crippen molar-refractivity contribution in [2.45, 2.75) is 101 Å². The number of carbonyl (C=O) groups is 2. The van der Waals surface area contributed by atoms with E-state index >= 15 is 0 Å². The van der Waals surface area contributed by atoms with Crippen LogP contribution in [0, 0.1) is 0 Å². The number of phenols is 1. The zero-order chi connectivity index (χ0) is 41.7. The van der Waals surface area contributed by atoms with Crippen LogP contribution in [0.25, 0.3) is 10.9 Å². The Balaban J connectivity index is 0.964. The van der Waals surface area contributed by atoms with Gasteiger partial charge in [-0.25, -0.2) is 4.79 Å². The minimum atomic E-state index is -2.21. The van der Waals surface area contributed by atoms with Crippen molar-refractivity contribution < 1.29 is 29.0 Å². The maximum absolute atomic E-state index is 13.4. The standard InChI is InChI=1S/C44H56N4O7S2Si/c1-43(2,3)58(5,6)55-36(33-19-21-35(49)41-34(33)20-22-39(50)47-41)28-45-27-29-11-13-30(14-12-29)46-40(51)23-24-48(4)31-15-17-32(18-16-31)54-42(52)44(53,37-9-7-25-56-37)38-10-8-26-57-38/h7-14,19-22,25-26,31-32,36,45,49,53H,15-18,23-24,27-28H2,1-6H3,(H,46,51)(H,47,50)/t31-,32-,36-/m0/s1. The van der Waals surface area contributed by atoms with Crippen molar-refractivity contribution in [1.29, 1.82) is 0 Å². The van der Waals surface area contributed by atoms with Gasteiger partial charge in [-0.2, -0.15) is 0 Å². The molecule has 1 atom stereocenters. The van der Waals surface area contributed by atoms with E-state index in [1.54, 1.807) is 24.3 Å². The monoisotopic (exact) mass is 844 g/mol. The number of thiophene rings is 2. The van der Waals surface area contributed by atoms with Crippen LogP contribution in [-0.4, -0.2) is 72.6 Å². The molecule has 310 valence electrons. The third-order valence-electron chi connectivity index (χ3n) is 11.7. The van der Waals surface area contributed by atoms with E-state index in [0.29, 0.717) is 54.2 Å². The van der Waals surface area contributed by atoms with E-state index in [2.05, 4.69) is 54.4 Å².